The Morgan fingerprint density at radius 2 is 1.64 bits per heavy atom. The normalized spacial score (nSPS) is 14.9. The molecule has 1 aliphatic rings. The van der Waals surface area contributed by atoms with Crippen LogP contribution in [0.3, 0.4) is 0 Å². The summed E-state index contributed by atoms with van der Waals surface area (Å²) in [7, 11) is 0. The molecule has 5 nitrogen and oxygen atoms in total. The van der Waals surface area contributed by atoms with E-state index in [0.29, 0.717) is 38.2 Å². The highest BCUT2D eigenvalue weighted by Crippen LogP contribution is 2.12. The molecule has 25 heavy (non-hydrogen) atoms. The second-order valence-electron chi connectivity index (χ2n) is 6.37. The van der Waals surface area contributed by atoms with Crippen molar-refractivity contribution in [1.82, 2.24) is 14.8 Å². The van der Waals surface area contributed by atoms with Crippen LogP contribution in [0, 0.1) is 6.92 Å². The number of nitrogens with zero attached hydrogens (tertiary/aromatic N) is 3. The van der Waals surface area contributed by atoms with E-state index in [4.69, 9.17) is 0 Å². The first-order valence-electron chi connectivity index (χ1n) is 8.67. The summed E-state index contributed by atoms with van der Waals surface area (Å²) in [5.74, 6) is 0.142. The maximum atomic E-state index is 12.6. The predicted molar refractivity (Wildman–Crippen MR) is 96.2 cm³/mol. The molecule has 0 radical (unpaired) electrons. The van der Waals surface area contributed by atoms with E-state index in [0.717, 1.165) is 17.5 Å². The molecule has 3 rings (SSSR count). The third-order valence-corrected chi connectivity index (χ3v) is 4.67. The summed E-state index contributed by atoms with van der Waals surface area (Å²) < 4.78 is 0. The molecule has 2 amide bonds. The van der Waals surface area contributed by atoms with Crippen LogP contribution >= 0.6 is 0 Å². The molecule has 0 saturated carbocycles. The van der Waals surface area contributed by atoms with E-state index < -0.39 is 0 Å². The Kier molecular flexibility index (Phi) is 5.43. The van der Waals surface area contributed by atoms with Crippen LogP contribution in [0.15, 0.2) is 48.8 Å². The molecule has 0 bridgehead atoms. The van der Waals surface area contributed by atoms with Gasteiger partial charge in [0.05, 0.1) is 6.42 Å². The minimum atomic E-state index is 0.00982. The van der Waals surface area contributed by atoms with E-state index in [1.54, 1.807) is 24.5 Å². The van der Waals surface area contributed by atoms with Gasteiger partial charge in [0.1, 0.15) is 0 Å². The average molecular weight is 337 g/mol. The number of amides is 2. The molecule has 0 unspecified atom stereocenters. The molecule has 1 aliphatic heterocycles. The minimum absolute atomic E-state index is 0.00982. The topological polar surface area (TPSA) is 53.5 Å². The van der Waals surface area contributed by atoms with Crippen molar-refractivity contribution in [1.29, 1.82) is 0 Å². The highest BCUT2D eigenvalue weighted by molar-refractivity contribution is 5.94. The monoisotopic (exact) mass is 337 g/mol. The first kappa shape index (κ1) is 17.1. The molecule has 0 atom stereocenters. The van der Waals surface area contributed by atoms with Crippen LogP contribution in [-0.4, -0.2) is 52.8 Å². The van der Waals surface area contributed by atoms with Crippen LogP contribution in [0.25, 0.3) is 0 Å². The molecule has 130 valence electrons. The molecule has 1 aromatic carbocycles. The third-order valence-electron chi connectivity index (χ3n) is 4.67. The lowest BCUT2D eigenvalue weighted by Gasteiger charge is -2.22. The Hall–Kier alpha value is -2.69. The summed E-state index contributed by atoms with van der Waals surface area (Å²) in [5.41, 5.74) is 2.86. The molecule has 0 N–H and O–H groups in total. The maximum absolute atomic E-state index is 12.6. The Balaban J connectivity index is 1.60. The lowest BCUT2D eigenvalue weighted by molar-refractivity contribution is -0.130. The van der Waals surface area contributed by atoms with Gasteiger partial charge in [-0.05, 0) is 36.6 Å². The fourth-order valence-electron chi connectivity index (χ4n) is 3.13. The number of carbonyl (C=O) groups excluding carboxylic acids is 2. The second kappa shape index (κ2) is 7.92. The number of aryl methyl sites for hydroxylation is 1. The lowest BCUT2D eigenvalue weighted by Crippen LogP contribution is -2.38. The van der Waals surface area contributed by atoms with Gasteiger partial charge in [0.15, 0.2) is 0 Å². The van der Waals surface area contributed by atoms with Crippen LogP contribution in [0.2, 0.25) is 0 Å². The van der Waals surface area contributed by atoms with Crippen molar-refractivity contribution in [3.05, 3.63) is 65.5 Å². The molecule has 1 aromatic heterocycles. The Morgan fingerprint density at radius 1 is 0.960 bits per heavy atom. The number of pyridine rings is 1. The summed E-state index contributed by atoms with van der Waals surface area (Å²) >= 11 is 0. The van der Waals surface area contributed by atoms with Crippen LogP contribution in [0.5, 0.6) is 0 Å². The largest absolute Gasteiger partial charge is 0.341 e. The molecular weight excluding hydrogens is 314 g/mol. The van der Waals surface area contributed by atoms with E-state index in [2.05, 4.69) is 4.98 Å². The zero-order valence-electron chi connectivity index (χ0n) is 14.5. The summed E-state index contributed by atoms with van der Waals surface area (Å²) in [6.07, 6.45) is 4.48. The first-order chi connectivity index (χ1) is 12.1. The van der Waals surface area contributed by atoms with E-state index in [-0.39, 0.29) is 11.8 Å². The van der Waals surface area contributed by atoms with Gasteiger partial charge in [0.25, 0.3) is 5.91 Å². The van der Waals surface area contributed by atoms with Crippen molar-refractivity contribution < 1.29 is 9.59 Å². The molecule has 2 aromatic rings. The standard InChI is InChI=1S/C20H23N3O2/c1-16-5-2-3-6-18(16)15-19(24)22-11-4-12-23(14-13-22)20(25)17-7-9-21-10-8-17/h2-3,5-10H,4,11-15H2,1H3. The molecule has 0 aliphatic carbocycles. The first-order valence-corrected chi connectivity index (χ1v) is 8.67. The van der Waals surface area contributed by atoms with Crippen LogP contribution in [0.1, 0.15) is 27.9 Å². The van der Waals surface area contributed by atoms with Gasteiger partial charge in [-0.15, -0.1) is 0 Å². The molecular formula is C20H23N3O2. The van der Waals surface area contributed by atoms with Crippen LogP contribution < -0.4 is 0 Å². The number of carbonyl (C=O) groups is 2. The van der Waals surface area contributed by atoms with Crippen molar-refractivity contribution in [3.63, 3.8) is 0 Å². The zero-order chi connectivity index (χ0) is 17.6. The molecule has 1 saturated heterocycles. The number of hydrogen-bond donors (Lipinski definition) is 0. The number of hydrogen-bond acceptors (Lipinski definition) is 3. The summed E-state index contributed by atoms with van der Waals surface area (Å²) in [6, 6.07) is 11.4. The average Bonchev–Trinajstić information content (AvgIpc) is 2.90. The zero-order valence-corrected chi connectivity index (χ0v) is 14.5. The SMILES string of the molecule is Cc1ccccc1CC(=O)N1CCCN(C(=O)c2ccncc2)CC1. The minimum Gasteiger partial charge on any atom is -0.341 e. The van der Waals surface area contributed by atoms with Gasteiger partial charge in [-0.2, -0.15) is 0 Å². The molecule has 5 heteroatoms. The number of aromatic nitrogens is 1. The smallest absolute Gasteiger partial charge is 0.254 e. The van der Waals surface area contributed by atoms with E-state index in [1.807, 2.05) is 41.0 Å². The van der Waals surface area contributed by atoms with Gasteiger partial charge in [-0.1, -0.05) is 24.3 Å². The molecule has 0 spiro atoms. The predicted octanol–water partition coefficient (Wildman–Crippen LogP) is 2.31. The van der Waals surface area contributed by atoms with Gasteiger partial charge >= 0.3 is 0 Å². The van der Waals surface area contributed by atoms with Gasteiger partial charge in [-0.3, -0.25) is 14.6 Å². The summed E-state index contributed by atoms with van der Waals surface area (Å²) in [4.78, 5) is 32.9. The Morgan fingerprint density at radius 3 is 2.40 bits per heavy atom. The Labute approximate surface area is 148 Å². The van der Waals surface area contributed by atoms with Crippen molar-refractivity contribution in [3.8, 4) is 0 Å². The lowest BCUT2D eigenvalue weighted by atomic mass is 10.1. The van der Waals surface area contributed by atoms with Crippen LogP contribution in [-0.2, 0) is 11.2 Å². The highest BCUT2D eigenvalue weighted by atomic mass is 16.2. The van der Waals surface area contributed by atoms with Gasteiger partial charge in [0.2, 0.25) is 5.91 Å². The van der Waals surface area contributed by atoms with Crippen LogP contribution in [0.4, 0.5) is 0 Å². The van der Waals surface area contributed by atoms with E-state index in [9.17, 15) is 9.59 Å². The molecule has 1 fully saturated rings. The Bertz CT molecular complexity index is 746. The van der Waals surface area contributed by atoms with E-state index >= 15 is 0 Å². The summed E-state index contributed by atoms with van der Waals surface area (Å²) in [5, 5.41) is 0. The van der Waals surface area contributed by atoms with Gasteiger partial charge in [-0.25, -0.2) is 0 Å². The van der Waals surface area contributed by atoms with Gasteiger partial charge in [0, 0.05) is 44.1 Å². The number of benzene rings is 1. The van der Waals surface area contributed by atoms with Crippen molar-refractivity contribution >= 4 is 11.8 Å². The fraction of sp³-hybridized carbons (Fsp3) is 0.350. The quantitative estimate of drug-likeness (QED) is 0.864. The van der Waals surface area contributed by atoms with Crippen molar-refractivity contribution in [2.75, 3.05) is 26.2 Å². The maximum Gasteiger partial charge on any atom is 0.254 e. The summed E-state index contributed by atoms with van der Waals surface area (Å²) in [6.45, 7) is 4.56. The highest BCUT2D eigenvalue weighted by Gasteiger charge is 2.23. The van der Waals surface area contributed by atoms with Gasteiger partial charge < -0.3 is 9.80 Å². The molecule has 2 heterocycles. The van der Waals surface area contributed by atoms with Crippen molar-refractivity contribution in [2.24, 2.45) is 0 Å². The third kappa shape index (κ3) is 4.24. The fourth-order valence-corrected chi connectivity index (χ4v) is 3.13. The van der Waals surface area contributed by atoms with E-state index in [1.165, 1.54) is 0 Å². The second-order valence-corrected chi connectivity index (χ2v) is 6.37. The van der Waals surface area contributed by atoms with Crippen molar-refractivity contribution in [2.45, 2.75) is 19.8 Å². The number of rotatable bonds is 3.